The van der Waals surface area contributed by atoms with E-state index in [0.717, 1.165) is 12.4 Å². The third-order valence-corrected chi connectivity index (χ3v) is 3.87. The van der Waals surface area contributed by atoms with Crippen LogP contribution in [0.25, 0.3) is 0 Å². The first-order valence-electron chi connectivity index (χ1n) is 7.50. The molecule has 1 aliphatic heterocycles. The Morgan fingerprint density at radius 2 is 2.12 bits per heavy atom. The summed E-state index contributed by atoms with van der Waals surface area (Å²) in [5, 5.41) is 2.37. The van der Waals surface area contributed by atoms with Crippen molar-refractivity contribution < 1.29 is 19.8 Å². The number of nitrogens with zero attached hydrogens (tertiary/aromatic N) is 3. The average Bonchev–Trinajstić information content (AvgIpc) is 2.59. The maximum atomic E-state index is 13.4. The van der Waals surface area contributed by atoms with Crippen molar-refractivity contribution in [2.45, 2.75) is 5.92 Å². The Balaban J connectivity index is 0.00000243. The number of nitrogens with one attached hydrogen (secondary N) is 1. The van der Waals surface area contributed by atoms with Crippen molar-refractivity contribution in [3.63, 3.8) is 0 Å². The molecular weight excluding hydrogens is 329 g/mol. The van der Waals surface area contributed by atoms with E-state index in [2.05, 4.69) is 15.3 Å². The third-order valence-electron chi connectivity index (χ3n) is 3.87. The molecule has 0 fully saturated rings. The molecule has 0 unspecified atom stereocenters. The van der Waals surface area contributed by atoms with E-state index in [0.29, 0.717) is 16.6 Å². The lowest BCUT2D eigenvalue weighted by molar-refractivity contribution is -0.117. The fourth-order valence-electron chi connectivity index (χ4n) is 2.71. The van der Waals surface area contributed by atoms with Gasteiger partial charge in [-0.25, -0.2) is 14.4 Å². The molecule has 3 rings (SSSR count). The zero-order valence-electron chi connectivity index (χ0n) is 13.1. The summed E-state index contributed by atoms with van der Waals surface area (Å²) in [6.07, 6.45) is 1.82. The zero-order valence-corrected chi connectivity index (χ0v) is 13.1. The van der Waals surface area contributed by atoms with Crippen LogP contribution in [0.15, 0.2) is 30.6 Å². The van der Waals surface area contributed by atoms with Gasteiger partial charge >= 0.3 is 0 Å². The molecule has 2 amide bonds. The molecule has 0 saturated heterocycles. The van der Waals surface area contributed by atoms with Gasteiger partial charge in [0.05, 0.1) is 19.1 Å². The van der Waals surface area contributed by atoms with Crippen LogP contribution in [0.3, 0.4) is 0 Å². The van der Waals surface area contributed by atoms with Gasteiger partial charge in [0.2, 0.25) is 11.9 Å². The second-order valence-electron chi connectivity index (χ2n) is 5.66. The number of amides is 2. The normalized spacial score (nSPS) is 16.5. The second kappa shape index (κ2) is 6.96. The molecule has 2 heterocycles. The van der Waals surface area contributed by atoms with Crippen LogP contribution in [0.2, 0.25) is 0 Å². The Labute approximate surface area is 145 Å². The van der Waals surface area contributed by atoms with Crippen molar-refractivity contribution in [1.29, 1.82) is 0 Å². The van der Waals surface area contributed by atoms with Crippen LogP contribution in [0.5, 0.6) is 0 Å². The largest absolute Gasteiger partial charge is 0.329 e. The molecule has 6 nitrogen and oxygen atoms in total. The van der Waals surface area contributed by atoms with Crippen LogP contribution in [0.1, 0.15) is 23.3 Å². The molecule has 0 spiro atoms. The summed E-state index contributed by atoms with van der Waals surface area (Å²) in [5.74, 6) is -2.20. The average molecular weight is 344 g/mol. The number of anilines is 1. The van der Waals surface area contributed by atoms with Gasteiger partial charge in [-0.05, 0) is 11.6 Å². The highest BCUT2D eigenvalue weighted by Gasteiger charge is 2.32. The summed E-state index contributed by atoms with van der Waals surface area (Å²) in [6, 6.07) is 4.67. The number of fused-ring (bicyclic) bond motifs is 1. The van der Waals surface area contributed by atoms with Gasteiger partial charge < -0.3 is 4.90 Å². The Kier molecular flexibility index (Phi) is 4.73. The number of hydrogen-bond donors (Lipinski definition) is 1. The number of alkyl halides is 1. The van der Waals surface area contributed by atoms with E-state index in [1.807, 2.05) is 0 Å². The summed E-state index contributed by atoms with van der Waals surface area (Å²) >= 11 is 0. The molecule has 1 aliphatic rings. The minimum absolute atomic E-state index is 0. The number of halogens is 2. The summed E-state index contributed by atoms with van der Waals surface area (Å²) in [5.41, 5.74) is 1.32. The quantitative estimate of drug-likeness (QED) is 0.833. The lowest BCUT2D eigenvalue weighted by atomic mass is 9.84. The van der Waals surface area contributed by atoms with Crippen LogP contribution >= 0.6 is 0 Å². The first-order chi connectivity index (χ1) is 12.0. The van der Waals surface area contributed by atoms with Crippen LogP contribution in [-0.2, 0) is 4.79 Å². The van der Waals surface area contributed by atoms with Gasteiger partial charge in [-0.1, -0.05) is 17.6 Å². The van der Waals surface area contributed by atoms with Crippen molar-refractivity contribution in [1.82, 2.24) is 14.9 Å². The number of rotatable bonds is 4. The Morgan fingerprint density at radius 3 is 2.80 bits per heavy atom. The Hall–Kier alpha value is -2.84. The number of hydrogen-bond acceptors (Lipinski definition) is 4. The van der Waals surface area contributed by atoms with Crippen LogP contribution < -0.4 is 10.8 Å². The molecule has 1 aromatic heterocycles. The smallest absolute Gasteiger partial charge is 0.254 e. The standard InChI is InChI=1S/C16H13BF2N4O2.H2/c17-10-1-2-12-13(3-10)9(4-18)7-23(15(12)25)8-14(24)22-16-20-5-11(19)6-21-16;/h1-3,5-6,9H,4,7-8H2,(H,20,21,22,24);1H/t9-;/m1./s1. The molecule has 128 valence electrons. The summed E-state index contributed by atoms with van der Waals surface area (Å²) in [7, 11) is 5.70. The van der Waals surface area contributed by atoms with Crippen molar-refractivity contribution in [3.05, 3.63) is 47.5 Å². The predicted molar refractivity (Wildman–Crippen MR) is 89.2 cm³/mol. The van der Waals surface area contributed by atoms with E-state index >= 15 is 0 Å². The molecule has 1 N–H and O–H groups in total. The van der Waals surface area contributed by atoms with Crippen molar-refractivity contribution in [2.24, 2.45) is 0 Å². The van der Waals surface area contributed by atoms with Crippen LogP contribution in [0, 0.1) is 5.82 Å². The number of carbonyl (C=O) groups is 2. The Morgan fingerprint density at radius 1 is 1.40 bits per heavy atom. The van der Waals surface area contributed by atoms with E-state index < -0.39 is 24.3 Å². The Bertz CT molecular complexity index is 822. The first-order valence-corrected chi connectivity index (χ1v) is 7.50. The highest BCUT2D eigenvalue weighted by molar-refractivity contribution is 6.32. The van der Waals surface area contributed by atoms with E-state index in [-0.39, 0.29) is 26.4 Å². The van der Waals surface area contributed by atoms with Gasteiger partial charge in [0.1, 0.15) is 14.4 Å². The molecule has 0 aliphatic carbocycles. The molecule has 2 radical (unpaired) electrons. The molecule has 2 aromatic rings. The highest BCUT2D eigenvalue weighted by Crippen LogP contribution is 2.27. The van der Waals surface area contributed by atoms with Gasteiger partial charge in [0.15, 0.2) is 5.82 Å². The molecule has 1 atom stereocenters. The lowest BCUT2D eigenvalue weighted by Crippen LogP contribution is -2.45. The molecule has 1 aromatic carbocycles. The molecule has 0 saturated carbocycles. The maximum Gasteiger partial charge on any atom is 0.254 e. The van der Waals surface area contributed by atoms with E-state index in [1.54, 1.807) is 12.1 Å². The van der Waals surface area contributed by atoms with Crippen molar-refractivity contribution in [2.75, 3.05) is 25.1 Å². The first kappa shape index (κ1) is 17.0. The SMILES string of the molecule is [B]c1ccc2c(c1)[C@H](CF)CN(CC(=O)Nc1ncc(F)cn1)C2=O.[HH]. The summed E-state index contributed by atoms with van der Waals surface area (Å²) < 4.78 is 26.1. The van der Waals surface area contributed by atoms with Gasteiger partial charge in [-0.2, -0.15) is 0 Å². The number of carbonyl (C=O) groups excluding carboxylic acids is 2. The van der Waals surface area contributed by atoms with Crippen molar-refractivity contribution >= 4 is 31.1 Å². The van der Waals surface area contributed by atoms with Gasteiger partial charge in [0, 0.05) is 19.5 Å². The lowest BCUT2D eigenvalue weighted by Gasteiger charge is -2.33. The number of benzene rings is 1. The predicted octanol–water partition coefficient (Wildman–Crippen LogP) is 0.803. The minimum Gasteiger partial charge on any atom is -0.329 e. The summed E-state index contributed by atoms with van der Waals surface area (Å²) in [4.78, 5) is 33.1. The zero-order chi connectivity index (χ0) is 18.0. The van der Waals surface area contributed by atoms with Gasteiger partial charge in [-0.15, -0.1) is 0 Å². The van der Waals surface area contributed by atoms with E-state index in [9.17, 15) is 18.4 Å². The minimum atomic E-state index is -0.678. The third kappa shape index (κ3) is 3.65. The maximum absolute atomic E-state index is 13.4. The fraction of sp³-hybridized carbons (Fsp3) is 0.250. The van der Waals surface area contributed by atoms with Crippen LogP contribution in [-0.4, -0.2) is 54.3 Å². The van der Waals surface area contributed by atoms with Gasteiger partial charge in [0.25, 0.3) is 5.91 Å². The van der Waals surface area contributed by atoms with Crippen LogP contribution in [0.4, 0.5) is 14.7 Å². The van der Waals surface area contributed by atoms with E-state index in [4.69, 9.17) is 7.85 Å². The monoisotopic (exact) mass is 344 g/mol. The fourth-order valence-corrected chi connectivity index (χ4v) is 2.71. The topological polar surface area (TPSA) is 75.2 Å². The van der Waals surface area contributed by atoms with Crippen molar-refractivity contribution in [3.8, 4) is 0 Å². The highest BCUT2D eigenvalue weighted by atomic mass is 19.1. The second-order valence-corrected chi connectivity index (χ2v) is 5.66. The molecule has 9 heteroatoms. The number of aromatic nitrogens is 2. The van der Waals surface area contributed by atoms with E-state index in [1.165, 1.54) is 11.0 Å². The molecular formula is C16H15BF2N4O2. The van der Waals surface area contributed by atoms with Gasteiger partial charge in [-0.3, -0.25) is 19.3 Å². The molecule has 25 heavy (non-hydrogen) atoms. The molecule has 0 bridgehead atoms. The summed E-state index contributed by atoms with van der Waals surface area (Å²) in [6.45, 7) is -0.910.